The Balaban J connectivity index is 1.50. The van der Waals surface area contributed by atoms with E-state index in [1.54, 1.807) is 0 Å². The predicted octanol–water partition coefficient (Wildman–Crippen LogP) is 5.52. The van der Waals surface area contributed by atoms with Crippen LogP contribution in [0.25, 0.3) is 33.7 Å². The van der Waals surface area contributed by atoms with Crippen molar-refractivity contribution in [2.24, 2.45) is 0 Å². The van der Waals surface area contributed by atoms with Crippen LogP contribution in [0.5, 0.6) is 0 Å². The maximum absolute atomic E-state index is 8.44. The molecular weight excluding hydrogens is 332 g/mol. The van der Waals surface area contributed by atoms with Gasteiger partial charge in [0.15, 0.2) is 5.96 Å². The third-order valence-corrected chi connectivity index (χ3v) is 5.02. The predicted molar refractivity (Wildman–Crippen MR) is 116 cm³/mol. The normalized spacial score (nSPS) is 11.9. The number of anilines is 3. The Hall–Kier alpha value is -3.79. The van der Waals surface area contributed by atoms with E-state index < -0.39 is 0 Å². The van der Waals surface area contributed by atoms with Crippen LogP contribution < -0.4 is 16.4 Å². The summed E-state index contributed by atoms with van der Waals surface area (Å²) in [6, 6.07) is 22.2. The molecule has 1 aliphatic rings. The van der Waals surface area contributed by atoms with Gasteiger partial charge in [0.1, 0.15) is 0 Å². The van der Waals surface area contributed by atoms with Gasteiger partial charge in [-0.25, -0.2) is 0 Å². The minimum absolute atomic E-state index is 0.185. The van der Waals surface area contributed by atoms with Crippen molar-refractivity contribution in [2.45, 2.75) is 0 Å². The van der Waals surface area contributed by atoms with Crippen LogP contribution in [-0.4, -0.2) is 5.96 Å². The van der Waals surface area contributed by atoms with Crippen molar-refractivity contribution in [3.8, 4) is 0 Å². The highest BCUT2D eigenvalue weighted by Crippen LogP contribution is 2.35. The van der Waals surface area contributed by atoms with Crippen molar-refractivity contribution in [1.29, 1.82) is 5.41 Å². The maximum Gasteiger partial charge on any atom is 0.197 e. The van der Waals surface area contributed by atoms with E-state index in [0.29, 0.717) is 5.69 Å². The molecule has 4 heteroatoms. The van der Waals surface area contributed by atoms with Gasteiger partial charge in [-0.2, -0.15) is 0 Å². The third kappa shape index (κ3) is 2.50. The molecule has 0 bridgehead atoms. The lowest BCUT2D eigenvalue weighted by Gasteiger charge is -2.16. The minimum Gasteiger partial charge on any atom is -0.397 e. The summed E-state index contributed by atoms with van der Waals surface area (Å²) in [5.74, 6) is 0.185. The Kier molecular flexibility index (Phi) is 3.37. The van der Waals surface area contributed by atoms with Gasteiger partial charge in [-0.05, 0) is 34.0 Å². The molecule has 0 amide bonds. The number of guanidine groups is 1. The van der Waals surface area contributed by atoms with E-state index in [9.17, 15) is 0 Å². The molecule has 27 heavy (non-hydrogen) atoms. The van der Waals surface area contributed by atoms with Gasteiger partial charge in [0.25, 0.3) is 0 Å². The number of hydrogen-bond acceptors (Lipinski definition) is 2. The molecule has 0 atom stereocenters. The summed E-state index contributed by atoms with van der Waals surface area (Å²) >= 11 is 0. The first-order valence-electron chi connectivity index (χ1n) is 8.84. The number of rotatable bonds is 2. The second kappa shape index (κ2) is 5.88. The summed E-state index contributed by atoms with van der Waals surface area (Å²) in [5, 5.41) is 19.2. The third-order valence-electron chi connectivity index (χ3n) is 5.02. The Labute approximate surface area is 156 Å². The van der Waals surface area contributed by atoms with Crippen LogP contribution in [0.2, 0.25) is 0 Å². The van der Waals surface area contributed by atoms with Gasteiger partial charge in [0.05, 0.1) is 11.4 Å². The quantitative estimate of drug-likeness (QED) is 0.192. The van der Waals surface area contributed by atoms with Gasteiger partial charge in [0, 0.05) is 16.5 Å². The van der Waals surface area contributed by atoms with Crippen LogP contribution in [0.3, 0.4) is 0 Å². The van der Waals surface area contributed by atoms with Crippen molar-refractivity contribution in [2.75, 3.05) is 16.4 Å². The summed E-state index contributed by atoms with van der Waals surface area (Å²) in [6.45, 7) is 0. The lowest BCUT2D eigenvalue weighted by molar-refractivity contribution is 1.44. The highest BCUT2D eigenvalue weighted by molar-refractivity contribution is 6.15. The van der Waals surface area contributed by atoms with E-state index in [0.717, 1.165) is 27.5 Å². The standard InChI is InChI=1S/C23H18N4/c24-19-12-10-14-4-1-2-6-17(14)22(19)27-23(25)26-20-13-11-16-9-8-15-5-3-7-18(20)21(15)16/h1-13H,24H2,(H3,25,26,27). The second-order valence-electron chi connectivity index (χ2n) is 6.68. The first-order chi connectivity index (χ1) is 13.2. The fourth-order valence-electron chi connectivity index (χ4n) is 3.75. The maximum atomic E-state index is 8.44. The van der Waals surface area contributed by atoms with Crippen molar-refractivity contribution in [3.63, 3.8) is 0 Å². The molecule has 5 rings (SSSR count). The number of nitrogen functional groups attached to an aromatic ring is 1. The van der Waals surface area contributed by atoms with Gasteiger partial charge in [-0.15, -0.1) is 0 Å². The van der Waals surface area contributed by atoms with Crippen LogP contribution in [0, 0.1) is 5.41 Å². The van der Waals surface area contributed by atoms with E-state index in [2.05, 4.69) is 41.0 Å². The molecule has 130 valence electrons. The monoisotopic (exact) mass is 350 g/mol. The highest BCUT2D eigenvalue weighted by atomic mass is 15.1. The molecule has 0 aliphatic heterocycles. The molecule has 5 N–H and O–H groups in total. The average molecular weight is 350 g/mol. The molecule has 4 aromatic rings. The van der Waals surface area contributed by atoms with Crippen molar-refractivity contribution in [3.05, 3.63) is 77.9 Å². The molecule has 0 heterocycles. The summed E-state index contributed by atoms with van der Waals surface area (Å²) in [4.78, 5) is 0. The molecule has 0 unspecified atom stereocenters. The summed E-state index contributed by atoms with van der Waals surface area (Å²) in [6.07, 6.45) is 4.25. The number of fused-ring (bicyclic) bond motifs is 1. The summed E-state index contributed by atoms with van der Waals surface area (Å²) < 4.78 is 0. The first kappa shape index (κ1) is 15.5. The summed E-state index contributed by atoms with van der Waals surface area (Å²) in [5.41, 5.74) is 10.9. The van der Waals surface area contributed by atoms with Gasteiger partial charge in [-0.3, -0.25) is 5.41 Å². The highest BCUT2D eigenvalue weighted by Gasteiger charge is 2.13. The molecule has 4 aromatic carbocycles. The number of nitrogens with two attached hydrogens (primary N) is 1. The topological polar surface area (TPSA) is 73.9 Å². The van der Waals surface area contributed by atoms with Crippen molar-refractivity contribution >= 4 is 56.7 Å². The molecule has 0 saturated carbocycles. The number of nitrogens with one attached hydrogen (secondary N) is 3. The zero-order valence-electron chi connectivity index (χ0n) is 14.6. The zero-order valence-corrected chi connectivity index (χ0v) is 14.6. The fourth-order valence-corrected chi connectivity index (χ4v) is 3.75. The van der Waals surface area contributed by atoms with Crippen LogP contribution in [0.1, 0.15) is 11.1 Å². The SMILES string of the molecule is N=C(Nc1c(N)ccc2ccccc12)Nc1ccc2c3c(cccc13)C=C2. The van der Waals surface area contributed by atoms with Gasteiger partial charge < -0.3 is 16.4 Å². The molecule has 4 nitrogen and oxygen atoms in total. The van der Waals surface area contributed by atoms with Crippen LogP contribution in [0.15, 0.2) is 66.7 Å². The number of hydrogen-bond donors (Lipinski definition) is 4. The lowest BCUT2D eigenvalue weighted by Crippen LogP contribution is -2.21. The first-order valence-corrected chi connectivity index (χ1v) is 8.84. The molecule has 0 saturated heterocycles. The van der Waals surface area contributed by atoms with Crippen LogP contribution in [-0.2, 0) is 0 Å². The Bertz CT molecular complexity index is 1240. The second-order valence-corrected chi connectivity index (χ2v) is 6.68. The minimum atomic E-state index is 0.185. The van der Waals surface area contributed by atoms with E-state index in [-0.39, 0.29) is 5.96 Å². The van der Waals surface area contributed by atoms with Crippen LogP contribution in [0.4, 0.5) is 17.1 Å². The zero-order chi connectivity index (χ0) is 18.4. The number of benzene rings is 4. The van der Waals surface area contributed by atoms with Gasteiger partial charge in [0.2, 0.25) is 0 Å². The van der Waals surface area contributed by atoms with E-state index in [1.165, 1.54) is 16.5 Å². The van der Waals surface area contributed by atoms with E-state index in [4.69, 9.17) is 11.1 Å². The van der Waals surface area contributed by atoms with E-state index in [1.807, 2.05) is 48.5 Å². The molecule has 1 aliphatic carbocycles. The largest absolute Gasteiger partial charge is 0.397 e. The smallest absolute Gasteiger partial charge is 0.197 e. The molecule has 0 fully saturated rings. The Morgan fingerprint density at radius 3 is 2.41 bits per heavy atom. The van der Waals surface area contributed by atoms with Crippen LogP contribution >= 0.6 is 0 Å². The lowest BCUT2D eigenvalue weighted by atomic mass is 10.0. The molecule has 0 aromatic heterocycles. The molecule has 0 spiro atoms. The van der Waals surface area contributed by atoms with Crippen molar-refractivity contribution in [1.82, 2.24) is 0 Å². The Morgan fingerprint density at radius 1 is 0.741 bits per heavy atom. The van der Waals surface area contributed by atoms with Gasteiger partial charge in [-0.1, -0.05) is 66.7 Å². The average Bonchev–Trinajstić information content (AvgIpc) is 3.11. The van der Waals surface area contributed by atoms with Crippen molar-refractivity contribution < 1.29 is 0 Å². The molecular formula is C23H18N4. The van der Waals surface area contributed by atoms with E-state index >= 15 is 0 Å². The summed E-state index contributed by atoms with van der Waals surface area (Å²) in [7, 11) is 0. The fraction of sp³-hybridized carbons (Fsp3) is 0. The Morgan fingerprint density at radius 2 is 1.52 bits per heavy atom. The molecule has 0 radical (unpaired) electrons. The van der Waals surface area contributed by atoms with Gasteiger partial charge >= 0.3 is 0 Å².